The monoisotopic (exact) mass is 452 g/mol. The lowest BCUT2D eigenvalue weighted by Crippen LogP contribution is -2.27. The minimum absolute atomic E-state index is 0.0655. The highest BCUT2D eigenvalue weighted by Crippen LogP contribution is 2.39. The van der Waals surface area contributed by atoms with Crippen LogP contribution in [0.1, 0.15) is 76.4 Å². The third-order valence-electron chi connectivity index (χ3n) is 6.08. The maximum Gasteiger partial charge on any atom is 0.303 e. The number of benzene rings is 1. The van der Waals surface area contributed by atoms with Gasteiger partial charge in [-0.25, -0.2) is 0 Å². The van der Waals surface area contributed by atoms with Gasteiger partial charge in [0.05, 0.1) is 18.8 Å². The van der Waals surface area contributed by atoms with Crippen LogP contribution >= 0.6 is 11.6 Å². The lowest BCUT2D eigenvalue weighted by Gasteiger charge is -2.23. The minimum Gasteiger partial charge on any atom is -0.493 e. The molecule has 0 spiro atoms. The van der Waals surface area contributed by atoms with Gasteiger partial charge in [-0.15, -0.1) is 11.6 Å². The number of carbonyl (C=O) groups is 1. The van der Waals surface area contributed by atoms with Gasteiger partial charge in [0, 0.05) is 17.7 Å². The van der Waals surface area contributed by atoms with Crippen LogP contribution in [0.3, 0.4) is 0 Å². The molecule has 0 saturated heterocycles. The van der Waals surface area contributed by atoms with E-state index in [2.05, 4.69) is 6.92 Å². The fourth-order valence-electron chi connectivity index (χ4n) is 4.19. The molecule has 1 aromatic carbocycles. The Morgan fingerprint density at radius 1 is 1.26 bits per heavy atom. The molecule has 0 bridgehead atoms. The number of unbranched alkanes of at least 4 members (excludes halogenated alkanes) is 3. The van der Waals surface area contributed by atoms with Gasteiger partial charge < -0.3 is 20.1 Å². The average molecular weight is 453 g/mol. The van der Waals surface area contributed by atoms with Crippen LogP contribution in [0.2, 0.25) is 0 Å². The standard InChI is InChI=1S/C25H37ClO5/c1-2-3-6-13-23(27)18-10-9-11-19(15-18)31-17-21-20(22(26)16-24(21)28)12-7-4-5-8-14-25(29)30/h4,7,9-11,15,20-24,27-28H,2-3,5-6,8,12-14,16-17H2,1H3,(H,29,30)/b7-4-/t20-,21-,22+,23?,24-/m1/s1. The van der Waals surface area contributed by atoms with Gasteiger partial charge in [-0.05, 0) is 55.7 Å². The fraction of sp³-hybridized carbons (Fsp3) is 0.640. The van der Waals surface area contributed by atoms with Crippen molar-refractivity contribution in [2.75, 3.05) is 6.61 Å². The molecule has 0 radical (unpaired) electrons. The van der Waals surface area contributed by atoms with Crippen LogP contribution < -0.4 is 4.74 Å². The predicted molar refractivity (Wildman–Crippen MR) is 124 cm³/mol. The molecule has 174 valence electrons. The van der Waals surface area contributed by atoms with Crippen molar-refractivity contribution in [1.29, 1.82) is 0 Å². The van der Waals surface area contributed by atoms with Crippen molar-refractivity contribution in [3.05, 3.63) is 42.0 Å². The molecule has 1 aliphatic carbocycles. The molecule has 31 heavy (non-hydrogen) atoms. The number of hydrogen-bond acceptors (Lipinski definition) is 4. The molecule has 0 aliphatic heterocycles. The maximum atomic E-state index is 10.6. The second-order valence-corrected chi connectivity index (χ2v) is 9.10. The first-order chi connectivity index (χ1) is 14.9. The van der Waals surface area contributed by atoms with Crippen LogP contribution in [0.4, 0.5) is 0 Å². The largest absolute Gasteiger partial charge is 0.493 e. The van der Waals surface area contributed by atoms with E-state index >= 15 is 0 Å². The number of hydrogen-bond donors (Lipinski definition) is 3. The highest BCUT2D eigenvalue weighted by molar-refractivity contribution is 6.21. The summed E-state index contributed by atoms with van der Waals surface area (Å²) in [6.45, 7) is 2.52. The molecule has 1 unspecified atom stereocenters. The summed E-state index contributed by atoms with van der Waals surface area (Å²) in [5.41, 5.74) is 0.858. The number of aliphatic carboxylic acids is 1. The highest BCUT2D eigenvalue weighted by Gasteiger charge is 2.41. The first-order valence-electron chi connectivity index (χ1n) is 11.5. The minimum atomic E-state index is -0.775. The quantitative estimate of drug-likeness (QED) is 0.197. The Bertz CT molecular complexity index is 692. The normalized spacial score (nSPS) is 24.5. The SMILES string of the molecule is CCCCCC(O)c1cccc(OC[C@@H]2[C@@H](C/C=C\CCCC(=O)O)[C@@H](Cl)C[C@H]2O)c1. The van der Waals surface area contributed by atoms with Crippen molar-refractivity contribution in [1.82, 2.24) is 0 Å². The van der Waals surface area contributed by atoms with Gasteiger partial charge in [0.2, 0.25) is 0 Å². The smallest absolute Gasteiger partial charge is 0.303 e. The lowest BCUT2D eigenvalue weighted by molar-refractivity contribution is -0.137. The van der Waals surface area contributed by atoms with E-state index in [4.69, 9.17) is 21.4 Å². The number of ether oxygens (including phenoxy) is 1. The molecule has 1 fully saturated rings. The van der Waals surface area contributed by atoms with Gasteiger partial charge >= 0.3 is 5.97 Å². The van der Waals surface area contributed by atoms with E-state index in [0.29, 0.717) is 25.2 Å². The molecule has 0 amide bonds. The number of carboxylic acid groups (broad SMARTS) is 1. The van der Waals surface area contributed by atoms with E-state index in [-0.39, 0.29) is 23.6 Å². The fourth-order valence-corrected chi connectivity index (χ4v) is 4.66. The van der Waals surface area contributed by atoms with Gasteiger partial charge in [-0.1, -0.05) is 50.5 Å². The van der Waals surface area contributed by atoms with Crippen LogP contribution in [-0.4, -0.2) is 39.4 Å². The number of alkyl halides is 1. The van der Waals surface area contributed by atoms with Gasteiger partial charge in [-0.3, -0.25) is 4.79 Å². The van der Waals surface area contributed by atoms with Crippen molar-refractivity contribution in [2.24, 2.45) is 11.8 Å². The lowest BCUT2D eigenvalue weighted by atomic mass is 9.92. The third kappa shape index (κ3) is 8.83. The number of halogens is 1. The van der Waals surface area contributed by atoms with E-state index in [9.17, 15) is 15.0 Å². The van der Waals surface area contributed by atoms with Crippen molar-refractivity contribution < 1.29 is 24.9 Å². The predicted octanol–water partition coefficient (Wildman–Crippen LogP) is 5.48. The molecule has 3 N–H and O–H groups in total. The molecule has 5 nitrogen and oxygen atoms in total. The molecule has 0 aromatic heterocycles. The van der Waals surface area contributed by atoms with Crippen molar-refractivity contribution in [3.8, 4) is 5.75 Å². The van der Waals surface area contributed by atoms with Crippen molar-refractivity contribution >= 4 is 17.6 Å². The summed E-state index contributed by atoms with van der Waals surface area (Å²) >= 11 is 6.50. The summed E-state index contributed by atoms with van der Waals surface area (Å²) in [4.78, 5) is 10.6. The van der Waals surface area contributed by atoms with Gasteiger partial charge in [0.15, 0.2) is 0 Å². The number of rotatable bonds is 14. The Balaban J connectivity index is 1.87. The van der Waals surface area contributed by atoms with E-state index in [1.54, 1.807) is 0 Å². The summed E-state index contributed by atoms with van der Waals surface area (Å²) < 4.78 is 6.01. The summed E-state index contributed by atoms with van der Waals surface area (Å²) in [6, 6.07) is 7.56. The summed E-state index contributed by atoms with van der Waals surface area (Å²) in [5.74, 6) is -0.0392. The summed E-state index contributed by atoms with van der Waals surface area (Å²) in [6.07, 6.45) is 9.83. The molecular formula is C25H37ClO5. The third-order valence-corrected chi connectivity index (χ3v) is 6.58. The van der Waals surface area contributed by atoms with Crippen LogP contribution in [0.25, 0.3) is 0 Å². The molecule has 1 aromatic rings. The van der Waals surface area contributed by atoms with Gasteiger partial charge in [0.1, 0.15) is 5.75 Å². The average Bonchev–Trinajstić information content (AvgIpc) is 3.01. The molecule has 5 atom stereocenters. The zero-order valence-corrected chi connectivity index (χ0v) is 19.2. The molecular weight excluding hydrogens is 416 g/mol. The van der Waals surface area contributed by atoms with E-state index < -0.39 is 18.2 Å². The van der Waals surface area contributed by atoms with Crippen molar-refractivity contribution in [3.63, 3.8) is 0 Å². The Kier molecular flexibility index (Phi) is 11.4. The van der Waals surface area contributed by atoms with E-state index in [1.165, 1.54) is 0 Å². The summed E-state index contributed by atoms with van der Waals surface area (Å²) in [7, 11) is 0. The Morgan fingerprint density at radius 2 is 2.06 bits per heavy atom. The number of carboxylic acids is 1. The zero-order valence-electron chi connectivity index (χ0n) is 18.5. The number of aliphatic hydroxyl groups is 2. The Hall–Kier alpha value is -1.56. The first kappa shape index (κ1) is 25.7. The Labute approximate surface area is 191 Å². The second-order valence-electron chi connectivity index (χ2n) is 8.53. The summed E-state index contributed by atoms with van der Waals surface area (Å²) in [5, 5.41) is 29.5. The van der Waals surface area contributed by atoms with Crippen LogP contribution in [0, 0.1) is 11.8 Å². The van der Waals surface area contributed by atoms with Crippen molar-refractivity contribution in [2.45, 2.75) is 82.3 Å². The first-order valence-corrected chi connectivity index (χ1v) is 12.0. The van der Waals surface area contributed by atoms with Gasteiger partial charge in [0.25, 0.3) is 0 Å². The number of allylic oxidation sites excluding steroid dienone is 2. The van der Waals surface area contributed by atoms with Gasteiger partial charge in [-0.2, -0.15) is 0 Å². The van der Waals surface area contributed by atoms with E-state index in [1.807, 2.05) is 36.4 Å². The van der Waals surface area contributed by atoms with Crippen LogP contribution in [0.5, 0.6) is 5.75 Å². The second kappa shape index (κ2) is 13.8. The maximum absolute atomic E-state index is 10.6. The Morgan fingerprint density at radius 3 is 2.81 bits per heavy atom. The molecule has 0 heterocycles. The van der Waals surface area contributed by atoms with Crippen LogP contribution in [0.15, 0.2) is 36.4 Å². The van der Waals surface area contributed by atoms with E-state index in [0.717, 1.165) is 44.1 Å². The molecule has 1 saturated carbocycles. The topological polar surface area (TPSA) is 87.0 Å². The molecule has 2 rings (SSSR count). The molecule has 6 heteroatoms. The highest BCUT2D eigenvalue weighted by atomic mass is 35.5. The number of aliphatic hydroxyl groups excluding tert-OH is 2. The molecule has 1 aliphatic rings. The zero-order chi connectivity index (χ0) is 22.6. The van der Waals surface area contributed by atoms with Crippen LogP contribution in [-0.2, 0) is 4.79 Å².